The Balaban J connectivity index is 2.12. The zero-order valence-corrected chi connectivity index (χ0v) is 12.7. The van der Waals surface area contributed by atoms with Crippen molar-refractivity contribution in [2.75, 3.05) is 33.8 Å². The molecule has 0 saturated carbocycles. The minimum atomic E-state index is 0.228. The number of aryl methyl sites for hydroxylation is 1. The molecule has 20 heavy (non-hydrogen) atoms. The lowest BCUT2D eigenvalue weighted by Crippen LogP contribution is -2.34. The van der Waals surface area contributed by atoms with Gasteiger partial charge >= 0.3 is 0 Å². The summed E-state index contributed by atoms with van der Waals surface area (Å²) >= 11 is 0. The van der Waals surface area contributed by atoms with Gasteiger partial charge in [0.25, 0.3) is 0 Å². The third-order valence-corrected chi connectivity index (χ3v) is 3.92. The molecular weight excluding hydrogens is 252 g/mol. The van der Waals surface area contributed by atoms with Crippen molar-refractivity contribution in [3.8, 4) is 5.75 Å². The Kier molecular flexibility index (Phi) is 5.01. The fourth-order valence-electron chi connectivity index (χ4n) is 2.75. The quantitative estimate of drug-likeness (QED) is 0.830. The van der Waals surface area contributed by atoms with Crippen LogP contribution >= 0.6 is 0 Å². The van der Waals surface area contributed by atoms with E-state index >= 15 is 0 Å². The third kappa shape index (κ3) is 3.31. The molecule has 1 aromatic carbocycles. The number of hydrogen-bond acceptors (Lipinski definition) is 3. The molecule has 0 radical (unpaired) electrons. The van der Waals surface area contributed by atoms with Crippen LogP contribution in [-0.4, -0.2) is 44.6 Å². The summed E-state index contributed by atoms with van der Waals surface area (Å²) < 4.78 is 5.36. The molecule has 1 aliphatic rings. The summed E-state index contributed by atoms with van der Waals surface area (Å²) in [6.45, 7) is 4.66. The second kappa shape index (κ2) is 6.75. The second-order valence-electron chi connectivity index (χ2n) is 5.36. The van der Waals surface area contributed by atoms with Gasteiger partial charge < -0.3 is 15.0 Å². The average Bonchev–Trinajstić information content (AvgIpc) is 2.58. The summed E-state index contributed by atoms with van der Waals surface area (Å²) in [5.74, 6) is 1.10. The molecular formula is C16H24N2O2. The molecule has 0 bridgehead atoms. The van der Waals surface area contributed by atoms with E-state index in [-0.39, 0.29) is 5.91 Å². The van der Waals surface area contributed by atoms with Crippen LogP contribution in [0.4, 0.5) is 0 Å². The Bertz CT molecular complexity index is 486. The lowest BCUT2D eigenvalue weighted by Gasteiger charge is -2.20. The van der Waals surface area contributed by atoms with E-state index in [2.05, 4.69) is 18.3 Å². The molecule has 4 heteroatoms. The Morgan fingerprint density at radius 2 is 2.15 bits per heavy atom. The van der Waals surface area contributed by atoms with E-state index in [9.17, 15) is 4.79 Å². The Morgan fingerprint density at radius 3 is 2.85 bits per heavy atom. The van der Waals surface area contributed by atoms with Gasteiger partial charge in [0.15, 0.2) is 0 Å². The van der Waals surface area contributed by atoms with Gasteiger partial charge in [-0.15, -0.1) is 0 Å². The Morgan fingerprint density at radius 1 is 1.35 bits per heavy atom. The fraction of sp³-hybridized carbons (Fsp3) is 0.562. The summed E-state index contributed by atoms with van der Waals surface area (Å²) in [5, 5.41) is 3.12. The smallest absolute Gasteiger partial charge is 0.227 e. The first-order chi connectivity index (χ1) is 9.65. The largest absolute Gasteiger partial charge is 0.496 e. The van der Waals surface area contributed by atoms with Crippen molar-refractivity contribution >= 4 is 5.91 Å². The van der Waals surface area contributed by atoms with Crippen molar-refractivity contribution in [1.82, 2.24) is 10.2 Å². The lowest BCUT2D eigenvalue weighted by molar-refractivity contribution is -0.130. The molecule has 0 spiro atoms. The average molecular weight is 276 g/mol. The number of carbonyl (C=O) groups is 1. The van der Waals surface area contributed by atoms with Crippen LogP contribution in [0.15, 0.2) is 12.1 Å². The van der Waals surface area contributed by atoms with Crippen LogP contribution in [0.3, 0.4) is 0 Å². The number of methoxy groups -OCH3 is 1. The van der Waals surface area contributed by atoms with E-state index in [1.165, 1.54) is 5.56 Å². The molecule has 1 N–H and O–H groups in total. The fourth-order valence-corrected chi connectivity index (χ4v) is 2.75. The molecule has 0 aromatic heterocycles. The normalized spacial score (nSPS) is 14.9. The number of hydrogen-bond donors (Lipinski definition) is 1. The lowest BCUT2D eigenvalue weighted by atomic mass is 9.99. The molecule has 1 heterocycles. The predicted molar refractivity (Wildman–Crippen MR) is 80.3 cm³/mol. The maximum atomic E-state index is 12.3. The number of carbonyl (C=O) groups excluding carboxylic acids is 1. The van der Waals surface area contributed by atoms with Crippen LogP contribution in [0, 0.1) is 6.92 Å². The number of benzene rings is 1. The number of rotatable bonds is 5. The minimum absolute atomic E-state index is 0.228. The standard InChI is InChI=1S/C16H24N2O2/c1-12-9-13-5-8-18(7-4-6-17-2)16(19)11-14(13)10-15(12)20-3/h9-10,17H,4-8,11H2,1-3H3. The summed E-state index contributed by atoms with van der Waals surface area (Å²) in [6.07, 6.45) is 2.43. The monoisotopic (exact) mass is 276 g/mol. The highest BCUT2D eigenvalue weighted by Crippen LogP contribution is 2.26. The molecule has 1 aliphatic heterocycles. The van der Waals surface area contributed by atoms with Gasteiger partial charge in [0.2, 0.25) is 5.91 Å². The molecule has 1 aromatic rings. The summed E-state index contributed by atoms with van der Waals surface area (Å²) in [5.41, 5.74) is 3.55. The van der Waals surface area contributed by atoms with Crippen molar-refractivity contribution in [1.29, 1.82) is 0 Å². The van der Waals surface area contributed by atoms with Crippen molar-refractivity contribution in [2.45, 2.75) is 26.2 Å². The molecule has 0 unspecified atom stereocenters. The first-order valence-corrected chi connectivity index (χ1v) is 7.24. The Hall–Kier alpha value is -1.55. The van der Waals surface area contributed by atoms with Gasteiger partial charge in [-0.3, -0.25) is 4.79 Å². The molecule has 0 aliphatic carbocycles. The molecule has 1 amide bonds. The number of nitrogens with one attached hydrogen (secondary N) is 1. The zero-order chi connectivity index (χ0) is 14.5. The van der Waals surface area contributed by atoms with Gasteiger partial charge in [-0.05, 0) is 56.1 Å². The first kappa shape index (κ1) is 14.9. The zero-order valence-electron chi connectivity index (χ0n) is 12.7. The Labute approximate surface area is 121 Å². The van der Waals surface area contributed by atoms with E-state index in [0.29, 0.717) is 6.42 Å². The van der Waals surface area contributed by atoms with E-state index < -0.39 is 0 Å². The molecule has 0 atom stereocenters. The van der Waals surface area contributed by atoms with E-state index in [4.69, 9.17) is 4.74 Å². The highest BCUT2D eigenvalue weighted by Gasteiger charge is 2.21. The van der Waals surface area contributed by atoms with Gasteiger partial charge in [-0.25, -0.2) is 0 Å². The SMILES string of the molecule is CNCCCN1CCc2cc(C)c(OC)cc2CC1=O. The predicted octanol–water partition coefficient (Wildman–Crippen LogP) is 1.54. The number of amides is 1. The number of nitrogens with zero attached hydrogens (tertiary/aromatic N) is 1. The summed E-state index contributed by atoms with van der Waals surface area (Å²) in [7, 11) is 3.62. The van der Waals surface area contributed by atoms with Gasteiger partial charge in [0.1, 0.15) is 5.75 Å². The molecule has 0 saturated heterocycles. The summed E-state index contributed by atoms with van der Waals surface area (Å²) in [6, 6.07) is 4.19. The molecule has 110 valence electrons. The minimum Gasteiger partial charge on any atom is -0.496 e. The van der Waals surface area contributed by atoms with Crippen LogP contribution in [-0.2, 0) is 17.6 Å². The van der Waals surface area contributed by atoms with E-state index in [0.717, 1.165) is 49.4 Å². The van der Waals surface area contributed by atoms with Crippen LogP contribution in [0.25, 0.3) is 0 Å². The molecule has 0 fully saturated rings. The first-order valence-electron chi connectivity index (χ1n) is 7.24. The van der Waals surface area contributed by atoms with Crippen LogP contribution < -0.4 is 10.1 Å². The van der Waals surface area contributed by atoms with Gasteiger partial charge in [0, 0.05) is 13.1 Å². The van der Waals surface area contributed by atoms with Crippen molar-refractivity contribution < 1.29 is 9.53 Å². The van der Waals surface area contributed by atoms with Gasteiger partial charge in [-0.1, -0.05) is 6.07 Å². The number of ether oxygens (including phenoxy) is 1. The molecule has 2 rings (SSSR count). The van der Waals surface area contributed by atoms with Crippen LogP contribution in [0.5, 0.6) is 5.75 Å². The highest BCUT2D eigenvalue weighted by atomic mass is 16.5. The van der Waals surface area contributed by atoms with Crippen molar-refractivity contribution in [3.05, 3.63) is 28.8 Å². The highest BCUT2D eigenvalue weighted by molar-refractivity contribution is 5.80. The third-order valence-electron chi connectivity index (χ3n) is 3.92. The van der Waals surface area contributed by atoms with Crippen LogP contribution in [0.2, 0.25) is 0 Å². The topological polar surface area (TPSA) is 41.6 Å². The van der Waals surface area contributed by atoms with Crippen molar-refractivity contribution in [3.63, 3.8) is 0 Å². The number of fused-ring (bicyclic) bond motifs is 1. The summed E-state index contributed by atoms with van der Waals surface area (Å²) in [4.78, 5) is 14.3. The van der Waals surface area contributed by atoms with Crippen molar-refractivity contribution in [2.24, 2.45) is 0 Å². The second-order valence-corrected chi connectivity index (χ2v) is 5.36. The maximum absolute atomic E-state index is 12.3. The van der Waals surface area contributed by atoms with E-state index in [1.807, 2.05) is 18.0 Å². The van der Waals surface area contributed by atoms with E-state index in [1.54, 1.807) is 7.11 Å². The molecule has 4 nitrogen and oxygen atoms in total. The van der Waals surface area contributed by atoms with Crippen LogP contribution in [0.1, 0.15) is 23.1 Å². The maximum Gasteiger partial charge on any atom is 0.227 e. The van der Waals surface area contributed by atoms with Gasteiger partial charge in [0.05, 0.1) is 13.5 Å². The van der Waals surface area contributed by atoms with Gasteiger partial charge in [-0.2, -0.15) is 0 Å².